The lowest BCUT2D eigenvalue weighted by Gasteiger charge is -1.97. The minimum atomic E-state index is -5.84. The molecular formula is C6H11F3N2O4S. The van der Waals surface area contributed by atoms with Gasteiger partial charge in [-0.1, -0.05) is 6.58 Å². The molecule has 0 rings (SSSR count). The molecule has 0 fully saturated rings. The van der Waals surface area contributed by atoms with Gasteiger partial charge in [0, 0.05) is 13.1 Å². The SMILES string of the molecule is C=CC(=O)NCCN.O=S(=O)(O)C(F)(F)F. The first-order valence-corrected chi connectivity index (χ1v) is 5.14. The Morgan fingerprint density at radius 2 is 1.88 bits per heavy atom. The molecule has 0 heterocycles. The predicted octanol–water partition coefficient (Wildman–Crippen LogP) is -0.359. The Morgan fingerprint density at radius 1 is 1.50 bits per heavy atom. The quantitative estimate of drug-likeness (QED) is 0.366. The molecule has 0 aromatic carbocycles. The van der Waals surface area contributed by atoms with Gasteiger partial charge in [-0.3, -0.25) is 9.35 Å². The fourth-order valence-electron chi connectivity index (χ4n) is 0.268. The van der Waals surface area contributed by atoms with E-state index in [0.29, 0.717) is 13.1 Å². The third-order valence-electron chi connectivity index (χ3n) is 0.921. The van der Waals surface area contributed by atoms with Crippen molar-refractivity contribution in [2.75, 3.05) is 13.1 Å². The number of hydrogen-bond acceptors (Lipinski definition) is 4. The van der Waals surface area contributed by atoms with Gasteiger partial charge in [-0.15, -0.1) is 0 Å². The first-order chi connectivity index (χ1) is 7.06. The molecule has 96 valence electrons. The van der Waals surface area contributed by atoms with Crippen LogP contribution in [-0.4, -0.2) is 37.5 Å². The van der Waals surface area contributed by atoms with Crippen molar-refractivity contribution in [1.82, 2.24) is 5.32 Å². The number of carbonyl (C=O) groups excluding carboxylic acids is 1. The molecule has 0 saturated heterocycles. The lowest BCUT2D eigenvalue weighted by Crippen LogP contribution is -2.27. The highest BCUT2D eigenvalue weighted by Crippen LogP contribution is 2.20. The van der Waals surface area contributed by atoms with Crippen LogP contribution in [-0.2, 0) is 14.9 Å². The van der Waals surface area contributed by atoms with E-state index in [1.165, 1.54) is 6.08 Å². The molecule has 0 aromatic rings. The van der Waals surface area contributed by atoms with Crippen LogP contribution in [0, 0.1) is 0 Å². The highest BCUT2D eigenvalue weighted by atomic mass is 32.2. The summed E-state index contributed by atoms with van der Waals surface area (Å²) in [7, 11) is -5.84. The summed E-state index contributed by atoms with van der Waals surface area (Å²) < 4.78 is 57.5. The number of amides is 1. The lowest BCUT2D eigenvalue weighted by atomic mass is 10.5. The first kappa shape index (κ1) is 17.3. The summed E-state index contributed by atoms with van der Waals surface area (Å²) >= 11 is 0. The van der Waals surface area contributed by atoms with Gasteiger partial charge in [0.1, 0.15) is 0 Å². The average Bonchev–Trinajstić information content (AvgIpc) is 2.12. The van der Waals surface area contributed by atoms with Crippen LogP contribution in [0.4, 0.5) is 13.2 Å². The minimum Gasteiger partial charge on any atom is -0.351 e. The number of halogens is 3. The van der Waals surface area contributed by atoms with Crippen LogP contribution in [0.5, 0.6) is 0 Å². The normalized spacial score (nSPS) is 11.1. The molecule has 0 aliphatic carbocycles. The van der Waals surface area contributed by atoms with Gasteiger partial charge in [0.05, 0.1) is 0 Å². The Morgan fingerprint density at radius 3 is 2.06 bits per heavy atom. The molecule has 10 heteroatoms. The first-order valence-electron chi connectivity index (χ1n) is 3.70. The van der Waals surface area contributed by atoms with Crippen molar-refractivity contribution in [3.05, 3.63) is 12.7 Å². The Labute approximate surface area is 90.1 Å². The van der Waals surface area contributed by atoms with Crippen molar-refractivity contribution in [2.24, 2.45) is 5.73 Å². The summed E-state index contributed by atoms with van der Waals surface area (Å²) in [6.45, 7) is 4.25. The number of hydrogen-bond donors (Lipinski definition) is 3. The molecule has 0 atom stereocenters. The van der Waals surface area contributed by atoms with Crippen LogP contribution in [0.2, 0.25) is 0 Å². The number of alkyl halides is 3. The molecule has 0 bridgehead atoms. The molecule has 0 saturated carbocycles. The van der Waals surface area contributed by atoms with Gasteiger partial charge in [0.25, 0.3) is 0 Å². The van der Waals surface area contributed by atoms with E-state index in [1.807, 2.05) is 0 Å². The Kier molecular flexibility index (Phi) is 7.77. The summed E-state index contributed by atoms with van der Waals surface area (Å²) in [6, 6.07) is 0. The molecule has 0 aliphatic rings. The third-order valence-corrected chi connectivity index (χ3v) is 1.51. The summed E-state index contributed by atoms with van der Waals surface area (Å²) in [5.41, 5.74) is -0.452. The second-order valence-corrected chi connectivity index (χ2v) is 3.62. The van der Waals surface area contributed by atoms with E-state index in [4.69, 9.17) is 18.7 Å². The summed E-state index contributed by atoms with van der Waals surface area (Å²) in [4.78, 5) is 10.3. The topological polar surface area (TPSA) is 109 Å². The van der Waals surface area contributed by atoms with Crippen molar-refractivity contribution >= 4 is 16.0 Å². The zero-order chi connectivity index (χ0) is 13.4. The van der Waals surface area contributed by atoms with E-state index in [0.717, 1.165) is 0 Å². The van der Waals surface area contributed by atoms with Crippen molar-refractivity contribution < 1.29 is 30.9 Å². The van der Waals surface area contributed by atoms with Crippen LogP contribution >= 0.6 is 0 Å². The zero-order valence-electron chi connectivity index (χ0n) is 7.99. The predicted molar refractivity (Wildman–Crippen MR) is 49.9 cm³/mol. The Hall–Kier alpha value is -1.13. The van der Waals surface area contributed by atoms with Crippen molar-refractivity contribution in [3.8, 4) is 0 Å². The fourth-order valence-corrected chi connectivity index (χ4v) is 0.268. The smallest absolute Gasteiger partial charge is 0.351 e. The van der Waals surface area contributed by atoms with E-state index < -0.39 is 15.6 Å². The molecule has 16 heavy (non-hydrogen) atoms. The fraction of sp³-hybridized carbons (Fsp3) is 0.500. The molecule has 0 aliphatic heterocycles. The van der Waals surface area contributed by atoms with E-state index in [-0.39, 0.29) is 5.91 Å². The molecule has 1 amide bonds. The van der Waals surface area contributed by atoms with E-state index in [9.17, 15) is 18.0 Å². The van der Waals surface area contributed by atoms with Gasteiger partial charge < -0.3 is 11.1 Å². The van der Waals surface area contributed by atoms with Gasteiger partial charge >= 0.3 is 15.6 Å². The van der Waals surface area contributed by atoms with Crippen LogP contribution in [0.3, 0.4) is 0 Å². The minimum absolute atomic E-state index is 0.171. The van der Waals surface area contributed by atoms with Crippen LogP contribution < -0.4 is 11.1 Å². The standard InChI is InChI=1S/C5H10N2O.CHF3O3S/c1-2-5(8)7-4-3-6;2-1(3,4)8(5,6)7/h2H,1,3-4,6H2,(H,7,8);(H,5,6,7). The van der Waals surface area contributed by atoms with Crippen molar-refractivity contribution in [3.63, 3.8) is 0 Å². The molecule has 4 N–H and O–H groups in total. The summed E-state index contributed by atoms with van der Waals surface area (Å²) in [5, 5.41) is 2.50. The van der Waals surface area contributed by atoms with Gasteiger partial charge in [-0.2, -0.15) is 21.6 Å². The average molecular weight is 264 g/mol. The second-order valence-electron chi connectivity index (χ2n) is 2.20. The maximum Gasteiger partial charge on any atom is 0.522 e. The highest BCUT2D eigenvalue weighted by molar-refractivity contribution is 7.86. The maximum absolute atomic E-state index is 10.7. The number of rotatable bonds is 3. The van der Waals surface area contributed by atoms with Crippen LogP contribution in [0.1, 0.15) is 0 Å². The van der Waals surface area contributed by atoms with Crippen molar-refractivity contribution in [1.29, 1.82) is 0 Å². The molecule has 0 aromatic heterocycles. The van der Waals surface area contributed by atoms with Gasteiger partial charge in [-0.05, 0) is 6.08 Å². The number of nitrogens with one attached hydrogen (secondary N) is 1. The monoisotopic (exact) mass is 264 g/mol. The number of carbonyl (C=O) groups is 1. The number of nitrogens with two attached hydrogens (primary N) is 1. The van der Waals surface area contributed by atoms with Crippen LogP contribution in [0.15, 0.2) is 12.7 Å². The summed E-state index contributed by atoms with van der Waals surface area (Å²) in [5.74, 6) is -0.171. The lowest BCUT2D eigenvalue weighted by molar-refractivity contribution is -0.116. The Balaban J connectivity index is 0. The molecular weight excluding hydrogens is 253 g/mol. The van der Waals surface area contributed by atoms with Gasteiger partial charge in [0.2, 0.25) is 5.91 Å². The molecule has 6 nitrogen and oxygen atoms in total. The second kappa shape index (κ2) is 7.19. The maximum atomic E-state index is 10.7. The van der Waals surface area contributed by atoms with E-state index in [2.05, 4.69) is 11.9 Å². The zero-order valence-corrected chi connectivity index (χ0v) is 8.81. The van der Waals surface area contributed by atoms with Gasteiger partial charge in [0.15, 0.2) is 0 Å². The van der Waals surface area contributed by atoms with Crippen LogP contribution in [0.25, 0.3) is 0 Å². The van der Waals surface area contributed by atoms with Gasteiger partial charge in [-0.25, -0.2) is 0 Å². The van der Waals surface area contributed by atoms with E-state index >= 15 is 0 Å². The van der Waals surface area contributed by atoms with Crippen molar-refractivity contribution in [2.45, 2.75) is 5.51 Å². The third kappa shape index (κ3) is 9.43. The molecule has 0 unspecified atom stereocenters. The molecule has 0 spiro atoms. The Bertz CT molecular complexity index is 325. The summed E-state index contributed by atoms with van der Waals surface area (Å²) in [6.07, 6.45) is 1.22. The largest absolute Gasteiger partial charge is 0.522 e. The van der Waals surface area contributed by atoms with E-state index in [1.54, 1.807) is 0 Å². The molecule has 0 radical (unpaired) electrons. The highest BCUT2D eigenvalue weighted by Gasteiger charge is 2.44.